The molecule has 1 aromatic carbocycles. The molecule has 0 bridgehead atoms. The summed E-state index contributed by atoms with van der Waals surface area (Å²) in [6.45, 7) is 1.83. The molecule has 0 aliphatic carbocycles. The molecule has 15 heavy (non-hydrogen) atoms. The average molecular weight is 203 g/mol. The molecule has 0 aliphatic heterocycles. The van der Waals surface area contributed by atoms with Crippen molar-refractivity contribution in [3.63, 3.8) is 0 Å². The Labute approximate surface area is 87.0 Å². The molecule has 0 saturated carbocycles. The van der Waals surface area contributed by atoms with Crippen molar-refractivity contribution in [1.29, 1.82) is 0 Å². The van der Waals surface area contributed by atoms with Crippen LogP contribution >= 0.6 is 0 Å². The first kappa shape index (κ1) is 9.65. The van der Waals surface area contributed by atoms with Gasteiger partial charge < -0.3 is 5.11 Å². The van der Waals surface area contributed by atoms with Crippen molar-refractivity contribution in [2.75, 3.05) is 0 Å². The van der Waals surface area contributed by atoms with Crippen molar-refractivity contribution in [3.05, 3.63) is 47.9 Å². The van der Waals surface area contributed by atoms with Gasteiger partial charge in [-0.05, 0) is 42.8 Å². The fourth-order valence-electron chi connectivity index (χ4n) is 1.44. The molecule has 0 amide bonds. The Morgan fingerprint density at radius 3 is 2.60 bits per heavy atom. The lowest BCUT2D eigenvalue weighted by Gasteiger charge is -2.02. The lowest BCUT2D eigenvalue weighted by molar-refractivity contribution is 0.473. The van der Waals surface area contributed by atoms with Gasteiger partial charge in [0.15, 0.2) is 0 Å². The van der Waals surface area contributed by atoms with Crippen LogP contribution in [0.3, 0.4) is 0 Å². The smallest absolute Gasteiger partial charge is 0.133 e. The number of hydrogen-bond acceptors (Lipinski definition) is 2. The molecule has 3 heteroatoms. The van der Waals surface area contributed by atoms with Crippen LogP contribution in [0.15, 0.2) is 36.5 Å². The first-order valence-electron chi connectivity index (χ1n) is 4.58. The van der Waals surface area contributed by atoms with Gasteiger partial charge in [0, 0.05) is 5.56 Å². The molecular formula is C12H10FNO. The van der Waals surface area contributed by atoms with Gasteiger partial charge >= 0.3 is 0 Å². The number of aryl methyl sites for hydroxylation is 1. The normalized spacial score (nSPS) is 10.3. The number of halogens is 1. The highest BCUT2D eigenvalue weighted by molar-refractivity contribution is 5.60. The van der Waals surface area contributed by atoms with Crippen LogP contribution in [0.4, 0.5) is 4.39 Å². The van der Waals surface area contributed by atoms with Gasteiger partial charge in [0.25, 0.3) is 0 Å². The fraction of sp³-hybridized carbons (Fsp3) is 0.0833. The van der Waals surface area contributed by atoms with Crippen LogP contribution in [0.25, 0.3) is 11.3 Å². The maximum Gasteiger partial charge on any atom is 0.133 e. The molecule has 2 nitrogen and oxygen atoms in total. The van der Waals surface area contributed by atoms with E-state index in [1.54, 1.807) is 6.07 Å². The molecule has 76 valence electrons. The first-order chi connectivity index (χ1) is 7.15. The van der Waals surface area contributed by atoms with E-state index in [0.717, 1.165) is 5.56 Å². The number of hydrogen-bond donors (Lipinski definition) is 1. The number of pyridine rings is 1. The highest BCUT2D eigenvalue weighted by atomic mass is 19.1. The molecule has 0 atom stereocenters. The van der Waals surface area contributed by atoms with Crippen LogP contribution in [-0.4, -0.2) is 10.1 Å². The lowest BCUT2D eigenvalue weighted by Crippen LogP contribution is -1.85. The maximum atomic E-state index is 13.1. The van der Waals surface area contributed by atoms with Crippen molar-refractivity contribution in [2.45, 2.75) is 6.92 Å². The van der Waals surface area contributed by atoms with Gasteiger partial charge in [0.2, 0.25) is 0 Å². The van der Waals surface area contributed by atoms with E-state index < -0.39 is 0 Å². The van der Waals surface area contributed by atoms with Crippen LogP contribution in [0.5, 0.6) is 5.75 Å². The molecule has 2 aromatic rings. The van der Waals surface area contributed by atoms with Gasteiger partial charge in [-0.3, -0.25) is 4.98 Å². The Bertz CT molecular complexity index is 459. The van der Waals surface area contributed by atoms with Crippen molar-refractivity contribution in [3.8, 4) is 17.0 Å². The minimum absolute atomic E-state index is 0.104. The highest BCUT2D eigenvalue weighted by Gasteiger charge is 2.02. The van der Waals surface area contributed by atoms with E-state index in [1.165, 1.54) is 24.4 Å². The van der Waals surface area contributed by atoms with Crippen LogP contribution in [-0.2, 0) is 0 Å². The second-order valence-electron chi connectivity index (χ2n) is 3.42. The molecule has 1 N–H and O–H groups in total. The van der Waals surface area contributed by atoms with Gasteiger partial charge in [0.05, 0.1) is 11.9 Å². The van der Waals surface area contributed by atoms with Crippen LogP contribution in [0.2, 0.25) is 0 Å². The third kappa shape index (κ3) is 2.13. The van der Waals surface area contributed by atoms with Crippen molar-refractivity contribution < 1.29 is 9.50 Å². The predicted octanol–water partition coefficient (Wildman–Crippen LogP) is 2.90. The first-order valence-corrected chi connectivity index (χ1v) is 4.58. The quantitative estimate of drug-likeness (QED) is 0.773. The summed E-state index contributed by atoms with van der Waals surface area (Å²) in [6.07, 6.45) is 1.34. The Morgan fingerprint density at radius 2 is 2.00 bits per heavy atom. The maximum absolute atomic E-state index is 13.1. The second-order valence-corrected chi connectivity index (χ2v) is 3.42. The van der Waals surface area contributed by atoms with E-state index in [1.807, 2.05) is 13.0 Å². The summed E-state index contributed by atoms with van der Waals surface area (Å²) >= 11 is 0. The van der Waals surface area contributed by atoms with Gasteiger partial charge in [-0.25, -0.2) is 4.39 Å². The van der Waals surface area contributed by atoms with Gasteiger partial charge in [-0.2, -0.15) is 0 Å². The third-order valence-electron chi connectivity index (χ3n) is 2.09. The third-order valence-corrected chi connectivity index (χ3v) is 2.09. The topological polar surface area (TPSA) is 33.1 Å². The van der Waals surface area contributed by atoms with E-state index in [4.69, 9.17) is 5.11 Å². The number of nitrogens with zero attached hydrogens (tertiary/aromatic N) is 1. The number of aromatic hydroxyl groups is 1. The van der Waals surface area contributed by atoms with E-state index in [9.17, 15) is 4.39 Å². The Balaban J connectivity index is 2.49. The fourth-order valence-corrected chi connectivity index (χ4v) is 1.44. The molecule has 0 spiro atoms. The average Bonchev–Trinajstić information content (AvgIpc) is 2.17. The van der Waals surface area contributed by atoms with Crippen molar-refractivity contribution in [2.24, 2.45) is 0 Å². The summed E-state index contributed by atoms with van der Waals surface area (Å²) in [5.41, 5.74) is 2.21. The van der Waals surface area contributed by atoms with Gasteiger partial charge in [0.1, 0.15) is 11.6 Å². The Morgan fingerprint density at radius 1 is 1.20 bits per heavy atom. The van der Waals surface area contributed by atoms with Gasteiger partial charge in [-0.15, -0.1) is 0 Å². The van der Waals surface area contributed by atoms with E-state index >= 15 is 0 Å². The molecule has 0 unspecified atom stereocenters. The number of benzene rings is 1. The molecule has 1 aromatic heterocycles. The zero-order valence-electron chi connectivity index (χ0n) is 8.24. The number of aromatic nitrogens is 1. The minimum atomic E-state index is -0.278. The van der Waals surface area contributed by atoms with E-state index in [2.05, 4.69) is 4.98 Å². The second kappa shape index (κ2) is 3.69. The monoisotopic (exact) mass is 203 g/mol. The standard InChI is InChI=1S/C12H10FNO/c1-8-4-9(6-10(13)5-8)12-3-2-11(15)7-14-12/h2-7,15H,1H3. The molecule has 0 aliphatic rings. The molecule has 0 fully saturated rings. The number of rotatable bonds is 1. The van der Waals surface area contributed by atoms with Crippen LogP contribution < -0.4 is 0 Å². The summed E-state index contributed by atoms with van der Waals surface area (Å²) < 4.78 is 13.1. The van der Waals surface area contributed by atoms with Crippen LogP contribution in [0.1, 0.15) is 5.56 Å². The molecule has 0 radical (unpaired) electrons. The van der Waals surface area contributed by atoms with Crippen molar-refractivity contribution in [1.82, 2.24) is 4.98 Å². The zero-order chi connectivity index (χ0) is 10.8. The summed E-state index contributed by atoms with van der Waals surface area (Å²) in [7, 11) is 0. The Hall–Kier alpha value is -1.90. The van der Waals surface area contributed by atoms with Crippen molar-refractivity contribution >= 4 is 0 Å². The Kier molecular flexibility index (Phi) is 2.37. The lowest BCUT2D eigenvalue weighted by atomic mass is 10.1. The summed E-state index contributed by atoms with van der Waals surface area (Å²) in [5.74, 6) is -0.174. The largest absolute Gasteiger partial charge is 0.506 e. The SMILES string of the molecule is Cc1cc(F)cc(-c2ccc(O)cn2)c1. The molecular weight excluding hydrogens is 193 g/mol. The summed E-state index contributed by atoms with van der Waals surface area (Å²) in [6, 6.07) is 7.92. The predicted molar refractivity (Wildman–Crippen MR) is 56.0 cm³/mol. The summed E-state index contributed by atoms with van der Waals surface area (Å²) in [4.78, 5) is 4.01. The highest BCUT2D eigenvalue weighted by Crippen LogP contribution is 2.21. The summed E-state index contributed by atoms with van der Waals surface area (Å²) in [5, 5.41) is 9.08. The van der Waals surface area contributed by atoms with Crippen LogP contribution in [0, 0.1) is 12.7 Å². The molecule has 0 saturated heterocycles. The van der Waals surface area contributed by atoms with E-state index in [-0.39, 0.29) is 11.6 Å². The zero-order valence-corrected chi connectivity index (χ0v) is 8.24. The van der Waals surface area contributed by atoms with Gasteiger partial charge in [-0.1, -0.05) is 0 Å². The molecule has 2 rings (SSSR count). The molecule has 1 heterocycles. The minimum Gasteiger partial charge on any atom is -0.506 e. The van der Waals surface area contributed by atoms with E-state index in [0.29, 0.717) is 11.3 Å².